The fraction of sp³-hybridized carbons (Fsp3) is 0.174. The van der Waals surface area contributed by atoms with Gasteiger partial charge in [-0.05, 0) is 42.8 Å². The second-order valence-electron chi connectivity index (χ2n) is 7.15. The molecule has 1 aromatic heterocycles. The van der Waals surface area contributed by atoms with Crippen LogP contribution in [0.1, 0.15) is 48.0 Å². The van der Waals surface area contributed by atoms with Gasteiger partial charge in [0.2, 0.25) is 0 Å². The Morgan fingerprint density at radius 2 is 1.66 bits per heavy atom. The number of aromatic nitrogens is 1. The lowest BCUT2D eigenvalue weighted by Gasteiger charge is -2.13. The van der Waals surface area contributed by atoms with Gasteiger partial charge >= 0.3 is 0 Å². The summed E-state index contributed by atoms with van der Waals surface area (Å²) in [5, 5.41) is 2.87. The standard InChI is InChI=1S/C23H21N3O3/c1-15-8-10-18(25(15)2)13-24-21(27)17-9-11-19-20(12-17)23(29)26(22(19)28)14-16-6-4-3-5-7-16/h3-12H,13-14H2,1-2H3,(H,24,27). The Morgan fingerprint density at radius 3 is 2.34 bits per heavy atom. The SMILES string of the molecule is Cc1ccc(CNC(=O)c2ccc3c(c2)C(=O)N(Cc2ccccc2)C3=O)n1C. The molecule has 0 bridgehead atoms. The van der Waals surface area contributed by atoms with E-state index in [9.17, 15) is 14.4 Å². The minimum absolute atomic E-state index is 0.210. The number of carbonyl (C=O) groups excluding carboxylic acids is 3. The van der Waals surface area contributed by atoms with E-state index in [0.717, 1.165) is 17.0 Å². The first-order valence-electron chi connectivity index (χ1n) is 9.39. The number of amides is 3. The summed E-state index contributed by atoms with van der Waals surface area (Å²) in [7, 11) is 1.94. The topological polar surface area (TPSA) is 71.4 Å². The van der Waals surface area contributed by atoms with Crippen LogP contribution in [0.25, 0.3) is 0 Å². The third kappa shape index (κ3) is 3.45. The maximum absolute atomic E-state index is 12.8. The molecule has 4 rings (SSSR count). The normalized spacial score (nSPS) is 13.0. The molecule has 0 atom stereocenters. The van der Waals surface area contributed by atoms with E-state index in [-0.39, 0.29) is 29.8 Å². The zero-order valence-electron chi connectivity index (χ0n) is 16.3. The number of nitrogens with one attached hydrogen (secondary N) is 1. The maximum Gasteiger partial charge on any atom is 0.261 e. The molecular weight excluding hydrogens is 366 g/mol. The number of hydrogen-bond acceptors (Lipinski definition) is 3. The molecular formula is C23H21N3O3. The van der Waals surface area contributed by atoms with Crippen LogP contribution in [0.4, 0.5) is 0 Å². The van der Waals surface area contributed by atoms with E-state index >= 15 is 0 Å². The zero-order valence-corrected chi connectivity index (χ0v) is 16.3. The van der Waals surface area contributed by atoms with E-state index in [2.05, 4.69) is 5.32 Å². The number of carbonyl (C=O) groups is 3. The average Bonchev–Trinajstić information content (AvgIpc) is 3.18. The van der Waals surface area contributed by atoms with Crippen molar-refractivity contribution >= 4 is 17.7 Å². The lowest BCUT2D eigenvalue weighted by molar-refractivity contribution is 0.0642. The summed E-state index contributed by atoms with van der Waals surface area (Å²) < 4.78 is 2.01. The number of fused-ring (bicyclic) bond motifs is 1. The van der Waals surface area contributed by atoms with Crippen molar-refractivity contribution in [2.24, 2.45) is 7.05 Å². The summed E-state index contributed by atoms with van der Waals surface area (Å²) in [6.45, 7) is 2.59. The number of nitrogens with zero attached hydrogens (tertiary/aromatic N) is 2. The van der Waals surface area contributed by atoms with E-state index in [0.29, 0.717) is 17.7 Å². The predicted octanol–water partition coefficient (Wildman–Crippen LogP) is 3.06. The van der Waals surface area contributed by atoms with Gasteiger partial charge in [-0.3, -0.25) is 19.3 Å². The molecule has 3 aromatic rings. The Balaban J connectivity index is 1.51. The zero-order chi connectivity index (χ0) is 20.5. The Bertz CT molecular complexity index is 1120. The summed E-state index contributed by atoms with van der Waals surface area (Å²) in [6.07, 6.45) is 0. The molecule has 2 heterocycles. The van der Waals surface area contributed by atoms with E-state index in [4.69, 9.17) is 0 Å². The van der Waals surface area contributed by atoms with Crippen molar-refractivity contribution in [2.75, 3.05) is 0 Å². The van der Waals surface area contributed by atoms with Crippen LogP contribution in [0.3, 0.4) is 0 Å². The molecule has 0 spiro atoms. The smallest absolute Gasteiger partial charge is 0.261 e. The Hall–Kier alpha value is -3.67. The fourth-order valence-electron chi connectivity index (χ4n) is 3.46. The van der Waals surface area contributed by atoms with Gasteiger partial charge in [-0.1, -0.05) is 30.3 Å². The van der Waals surface area contributed by atoms with Crippen LogP contribution in [-0.4, -0.2) is 27.2 Å². The van der Waals surface area contributed by atoms with Gasteiger partial charge in [0.05, 0.1) is 24.2 Å². The lowest BCUT2D eigenvalue weighted by Crippen LogP contribution is -2.29. The Labute approximate surface area is 168 Å². The minimum atomic E-state index is -0.374. The van der Waals surface area contributed by atoms with Crippen LogP contribution >= 0.6 is 0 Å². The van der Waals surface area contributed by atoms with Gasteiger partial charge in [-0.2, -0.15) is 0 Å². The summed E-state index contributed by atoms with van der Waals surface area (Å²) in [5.41, 5.74) is 3.93. The lowest BCUT2D eigenvalue weighted by atomic mass is 10.1. The molecule has 6 nitrogen and oxygen atoms in total. The van der Waals surface area contributed by atoms with Gasteiger partial charge in [0, 0.05) is 24.0 Å². The van der Waals surface area contributed by atoms with Crippen LogP contribution in [0.15, 0.2) is 60.7 Å². The maximum atomic E-state index is 12.8. The summed E-state index contributed by atoms with van der Waals surface area (Å²) in [5.74, 6) is -0.991. The number of hydrogen-bond donors (Lipinski definition) is 1. The fourth-order valence-corrected chi connectivity index (χ4v) is 3.46. The molecule has 1 aliphatic heterocycles. The predicted molar refractivity (Wildman–Crippen MR) is 108 cm³/mol. The molecule has 6 heteroatoms. The second kappa shape index (κ2) is 7.39. The summed E-state index contributed by atoms with van der Waals surface area (Å²) >= 11 is 0. The molecule has 0 unspecified atom stereocenters. The molecule has 1 aliphatic rings. The van der Waals surface area contributed by atoms with Crippen molar-refractivity contribution in [1.82, 2.24) is 14.8 Å². The van der Waals surface area contributed by atoms with Crippen LogP contribution in [0, 0.1) is 6.92 Å². The third-order valence-electron chi connectivity index (χ3n) is 5.32. The van der Waals surface area contributed by atoms with Gasteiger partial charge in [-0.15, -0.1) is 0 Å². The van der Waals surface area contributed by atoms with Gasteiger partial charge in [0.25, 0.3) is 17.7 Å². The van der Waals surface area contributed by atoms with E-state index < -0.39 is 0 Å². The minimum Gasteiger partial charge on any atom is -0.350 e. The van der Waals surface area contributed by atoms with Crippen molar-refractivity contribution < 1.29 is 14.4 Å². The van der Waals surface area contributed by atoms with E-state index in [1.807, 2.05) is 61.0 Å². The largest absolute Gasteiger partial charge is 0.350 e. The highest BCUT2D eigenvalue weighted by Gasteiger charge is 2.35. The van der Waals surface area contributed by atoms with E-state index in [1.54, 1.807) is 12.1 Å². The molecule has 0 saturated carbocycles. The van der Waals surface area contributed by atoms with Crippen molar-refractivity contribution in [3.8, 4) is 0 Å². The highest BCUT2D eigenvalue weighted by molar-refractivity contribution is 6.22. The van der Waals surface area contributed by atoms with Gasteiger partial charge in [0.15, 0.2) is 0 Å². The van der Waals surface area contributed by atoms with Crippen LogP contribution in [-0.2, 0) is 20.1 Å². The number of imide groups is 1. The van der Waals surface area contributed by atoms with Crippen LogP contribution in [0.5, 0.6) is 0 Å². The average molecular weight is 387 g/mol. The van der Waals surface area contributed by atoms with Crippen molar-refractivity contribution in [2.45, 2.75) is 20.0 Å². The quantitative estimate of drug-likeness (QED) is 0.684. The first-order valence-corrected chi connectivity index (χ1v) is 9.39. The second-order valence-corrected chi connectivity index (χ2v) is 7.15. The monoisotopic (exact) mass is 387 g/mol. The Kier molecular flexibility index (Phi) is 4.76. The van der Waals surface area contributed by atoms with Gasteiger partial charge in [-0.25, -0.2) is 0 Å². The van der Waals surface area contributed by atoms with Gasteiger partial charge < -0.3 is 9.88 Å². The number of rotatable bonds is 5. The van der Waals surface area contributed by atoms with Crippen LogP contribution in [0.2, 0.25) is 0 Å². The molecule has 3 amide bonds. The molecule has 0 fully saturated rings. The first kappa shape index (κ1) is 18.7. The number of aryl methyl sites for hydroxylation is 1. The van der Waals surface area contributed by atoms with Gasteiger partial charge in [0.1, 0.15) is 0 Å². The summed E-state index contributed by atoms with van der Waals surface area (Å²) in [4.78, 5) is 39.2. The molecule has 1 N–H and O–H groups in total. The molecule has 29 heavy (non-hydrogen) atoms. The molecule has 0 aliphatic carbocycles. The third-order valence-corrected chi connectivity index (χ3v) is 5.32. The first-order chi connectivity index (χ1) is 14.0. The number of benzene rings is 2. The Morgan fingerprint density at radius 1 is 0.931 bits per heavy atom. The van der Waals surface area contributed by atoms with Crippen LogP contribution < -0.4 is 5.32 Å². The molecule has 2 aromatic carbocycles. The highest BCUT2D eigenvalue weighted by atomic mass is 16.2. The van der Waals surface area contributed by atoms with Crippen molar-refractivity contribution in [1.29, 1.82) is 0 Å². The van der Waals surface area contributed by atoms with E-state index in [1.165, 1.54) is 11.0 Å². The molecule has 146 valence electrons. The molecule has 0 saturated heterocycles. The van der Waals surface area contributed by atoms with Crippen molar-refractivity contribution in [3.05, 3.63) is 94.3 Å². The van der Waals surface area contributed by atoms with Crippen molar-refractivity contribution in [3.63, 3.8) is 0 Å². The molecule has 0 radical (unpaired) electrons. The highest BCUT2D eigenvalue weighted by Crippen LogP contribution is 2.25. The summed E-state index contributed by atoms with van der Waals surface area (Å²) in [6, 6.07) is 17.9.